The number of rotatable bonds is 5. The largest absolute Gasteiger partial charge is 0.350 e. The molecule has 2 saturated carbocycles. The van der Waals surface area contributed by atoms with E-state index in [-0.39, 0.29) is 16.8 Å². The Morgan fingerprint density at radius 3 is 2.62 bits per heavy atom. The number of nitrogens with one attached hydrogen (secondary N) is 1. The Morgan fingerprint density at radius 1 is 1.48 bits per heavy atom. The molecule has 0 saturated heterocycles. The Kier molecular flexibility index (Phi) is 3.78. The maximum atomic E-state index is 12.3. The summed E-state index contributed by atoms with van der Waals surface area (Å²) in [4.78, 5) is 12.3. The van der Waals surface area contributed by atoms with Crippen LogP contribution in [0, 0.1) is 11.8 Å². The van der Waals surface area contributed by atoms with Crippen molar-refractivity contribution in [1.82, 2.24) is 9.88 Å². The fourth-order valence-electron chi connectivity index (χ4n) is 2.73. The van der Waals surface area contributed by atoms with Gasteiger partial charge in [0.15, 0.2) is 0 Å². The number of amides is 1. The minimum atomic E-state index is -3.81. The molecule has 2 aliphatic carbocycles. The van der Waals surface area contributed by atoms with Crippen molar-refractivity contribution in [3.63, 3.8) is 0 Å². The highest BCUT2D eigenvalue weighted by Gasteiger charge is 2.33. The zero-order chi connectivity index (χ0) is 15.2. The van der Waals surface area contributed by atoms with Crippen LogP contribution >= 0.6 is 10.7 Å². The van der Waals surface area contributed by atoms with Crippen LogP contribution in [0.2, 0.25) is 0 Å². The fourth-order valence-corrected chi connectivity index (χ4v) is 3.48. The summed E-state index contributed by atoms with van der Waals surface area (Å²) in [7, 11) is 1.59. The van der Waals surface area contributed by atoms with Gasteiger partial charge in [-0.2, -0.15) is 0 Å². The lowest BCUT2D eigenvalue weighted by Crippen LogP contribution is -2.30. The second kappa shape index (κ2) is 5.32. The monoisotopic (exact) mass is 330 g/mol. The molecule has 1 amide bonds. The van der Waals surface area contributed by atoms with Crippen LogP contribution in [0.1, 0.15) is 49.1 Å². The zero-order valence-electron chi connectivity index (χ0n) is 11.9. The number of hydrogen-bond acceptors (Lipinski definition) is 3. The molecule has 2 atom stereocenters. The summed E-state index contributed by atoms with van der Waals surface area (Å²) in [5.41, 5.74) is 0.396. The first kappa shape index (κ1) is 14.9. The molecule has 116 valence electrons. The van der Waals surface area contributed by atoms with Crippen molar-refractivity contribution >= 4 is 25.6 Å². The quantitative estimate of drug-likeness (QED) is 0.843. The molecule has 0 aromatic carbocycles. The lowest BCUT2D eigenvalue weighted by Gasteiger charge is -2.28. The van der Waals surface area contributed by atoms with Crippen molar-refractivity contribution in [2.75, 3.05) is 6.54 Å². The number of nitrogens with zero attached hydrogens (tertiary/aromatic N) is 1. The normalized spacial score (nSPS) is 25.4. The van der Waals surface area contributed by atoms with E-state index in [0.29, 0.717) is 24.1 Å². The van der Waals surface area contributed by atoms with Crippen molar-refractivity contribution in [3.05, 3.63) is 18.0 Å². The van der Waals surface area contributed by atoms with E-state index in [1.807, 2.05) is 0 Å². The highest BCUT2D eigenvalue weighted by atomic mass is 35.7. The van der Waals surface area contributed by atoms with Gasteiger partial charge >= 0.3 is 0 Å². The number of carbonyl (C=O) groups excluding carboxylic acids is 1. The molecule has 0 spiro atoms. The number of carbonyl (C=O) groups is 1. The summed E-state index contributed by atoms with van der Waals surface area (Å²) in [6, 6.07) is 1.59. The van der Waals surface area contributed by atoms with E-state index in [1.165, 1.54) is 12.3 Å². The smallest absolute Gasteiger partial charge is 0.267 e. The third-order valence-electron chi connectivity index (χ3n) is 4.61. The predicted molar refractivity (Wildman–Crippen MR) is 80.0 cm³/mol. The number of aromatic nitrogens is 1. The van der Waals surface area contributed by atoms with Crippen molar-refractivity contribution in [2.24, 2.45) is 11.8 Å². The molecular formula is C14H19ClN2O3S. The lowest BCUT2D eigenvalue weighted by molar-refractivity contribution is 0.0936. The molecule has 0 radical (unpaired) electrons. The van der Waals surface area contributed by atoms with E-state index >= 15 is 0 Å². The molecule has 0 aliphatic heterocycles. The number of halogens is 1. The SMILES string of the molecule is CC1CC1CNC(=O)c1cc(S(=O)(=O)Cl)cn1C1CCC1. The summed E-state index contributed by atoms with van der Waals surface area (Å²) in [5.74, 6) is 1.01. The van der Waals surface area contributed by atoms with E-state index in [1.54, 1.807) is 4.57 Å². The average molecular weight is 331 g/mol. The topological polar surface area (TPSA) is 68.2 Å². The Balaban J connectivity index is 1.81. The third-order valence-corrected chi connectivity index (χ3v) is 5.93. The lowest BCUT2D eigenvalue weighted by atomic mass is 9.93. The first-order valence-electron chi connectivity index (χ1n) is 7.31. The first-order valence-corrected chi connectivity index (χ1v) is 9.62. The van der Waals surface area contributed by atoms with Crippen LogP contribution in [0.5, 0.6) is 0 Å². The second-order valence-corrected chi connectivity index (χ2v) is 8.74. The molecule has 1 aromatic heterocycles. The van der Waals surface area contributed by atoms with E-state index in [2.05, 4.69) is 12.2 Å². The Labute approximate surface area is 129 Å². The maximum absolute atomic E-state index is 12.3. The standard InChI is InChI=1S/C14H19ClN2O3S/c1-9-5-10(9)7-16-14(18)13-6-12(21(15,19)20)8-17(13)11-3-2-4-11/h6,8-11H,2-5,7H2,1H3,(H,16,18). The van der Waals surface area contributed by atoms with Gasteiger partial charge in [-0.3, -0.25) is 4.79 Å². The summed E-state index contributed by atoms with van der Waals surface area (Å²) in [6.45, 7) is 2.81. The average Bonchev–Trinajstić information content (AvgIpc) is 2.84. The van der Waals surface area contributed by atoms with Gasteiger partial charge in [-0.25, -0.2) is 8.42 Å². The van der Waals surface area contributed by atoms with Crippen LogP contribution in [-0.4, -0.2) is 25.4 Å². The van der Waals surface area contributed by atoms with Crippen LogP contribution < -0.4 is 5.32 Å². The van der Waals surface area contributed by atoms with Gasteiger partial charge in [-0.15, -0.1) is 0 Å². The van der Waals surface area contributed by atoms with Crippen molar-refractivity contribution in [1.29, 1.82) is 0 Å². The molecule has 21 heavy (non-hydrogen) atoms. The molecular weight excluding hydrogens is 312 g/mol. The highest BCUT2D eigenvalue weighted by Crippen LogP contribution is 2.37. The van der Waals surface area contributed by atoms with Crippen LogP contribution in [0.15, 0.2) is 17.2 Å². The molecule has 1 N–H and O–H groups in total. The highest BCUT2D eigenvalue weighted by molar-refractivity contribution is 8.13. The van der Waals surface area contributed by atoms with Gasteiger partial charge in [-0.05, 0) is 43.6 Å². The van der Waals surface area contributed by atoms with E-state index in [9.17, 15) is 13.2 Å². The van der Waals surface area contributed by atoms with Crippen LogP contribution in [0.3, 0.4) is 0 Å². The van der Waals surface area contributed by atoms with E-state index in [4.69, 9.17) is 10.7 Å². The molecule has 5 nitrogen and oxygen atoms in total. The van der Waals surface area contributed by atoms with Crippen molar-refractivity contribution < 1.29 is 13.2 Å². The Hall–Kier alpha value is -1.01. The van der Waals surface area contributed by atoms with Gasteiger partial charge < -0.3 is 9.88 Å². The molecule has 2 fully saturated rings. The first-order chi connectivity index (χ1) is 9.86. The molecule has 3 rings (SSSR count). The second-order valence-electron chi connectivity index (χ2n) is 6.17. The number of hydrogen-bond donors (Lipinski definition) is 1. The molecule has 1 aromatic rings. The summed E-state index contributed by atoms with van der Waals surface area (Å²) < 4.78 is 24.7. The van der Waals surface area contributed by atoms with Gasteiger partial charge in [0.2, 0.25) is 0 Å². The summed E-state index contributed by atoms with van der Waals surface area (Å²) in [6.07, 6.45) is 5.67. The molecule has 2 unspecified atom stereocenters. The van der Waals surface area contributed by atoms with Crippen LogP contribution in [-0.2, 0) is 9.05 Å². The van der Waals surface area contributed by atoms with Crippen LogP contribution in [0.4, 0.5) is 0 Å². The predicted octanol–water partition coefficient (Wildman–Crippen LogP) is 2.53. The Morgan fingerprint density at radius 2 is 2.14 bits per heavy atom. The van der Waals surface area contributed by atoms with Gasteiger partial charge in [0.25, 0.3) is 15.0 Å². The van der Waals surface area contributed by atoms with E-state index in [0.717, 1.165) is 25.7 Å². The van der Waals surface area contributed by atoms with Crippen LogP contribution in [0.25, 0.3) is 0 Å². The van der Waals surface area contributed by atoms with Gasteiger partial charge in [0, 0.05) is 29.5 Å². The maximum Gasteiger partial charge on any atom is 0.267 e. The molecule has 1 heterocycles. The molecule has 7 heteroatoms. The zero-order valence-corrected chi connectivity index (χ0v) is 13.5. The van der Waals surface area contributed by atoms with Gasteiger partial charge in [0.1, 0.15) is 10.6 Å². The fraction of sp³-hybridized carbons (Fsp3) is 0.643. The van der Waals surface area contributed by atoms with Crippen molar-refractivity contribution in [2.45, 2.75) is 43.5 Å². The molecule has 2 aliphatic rings. The minimum Gasteiger partial charge on any atom is -0.350 e. The van der Waals surface area contributed by atoms with Gasteiger partial charge in [0.05, 0.1) is 0 Å². The molecule has 0 bridgehead atoms. The third kappa shape index (κ3) is 3.11. The summed E-state index contributed by atoms with van der Waals surface area (Å²) in [5, 5.41) is 2.90. The summed E-state index contributed by atoms with van der Waals surface area (Å²) >= 11 is 0. The Bertz CT molecular complexity index is 664. The minimum absolute atomic E-state index is 0.000932. The van der Waals surface area contributed by atoms with Crippen molar-refractivity contribution in [3.8, 4) is 0 Å². The van der Waals surface area contributed by atoms with Gasteiger partial charge in [-0.1, -0.05) is 6.92 Å². The van der Waals surface area contributed by atoms with E-state index < -0.39 is 9.05 Å².